The molecule has 0 saturated carbocycles. The largest absolute Gasteiger partial charge is 0.372 e. The first-order valence-electron chi connectivity index (χ1n) is 9.91. The Kier molecular flexibility index (Phi) is 6.22. The smallest absolute Gasteiger partial charge is 0.256 e. The van der Waals surface area contributed by atoms with Gasteiger partial charge in [-0.15, -0.1) is 0 Å². The van der Waals surface area contributed by atoms with Gasteiger partial charge in [-0.2, -0.15) is 0 Å². The molecular formula is C23H28N4O2. The third kappa shape index (κ3) is 4.42. The molecule has 0 fully saturated rings. The molecule has 6 heteroatoms. The molecule has 0 aliphatic heterocycles. The fourth-order valence-corrected chi connectivity index (χ4v) is 3.50. The van der Waals surface area contributed by atoms with Gasteiger partial charge in [0.2, 0.25) is 5.91 Å². The first kappa shape index (κ1) is 20.5. The van der Waals surface area contributed by atoms with Crippen LogP contribution in [-0.4, -0.2) is 48.4 Å². The minimum absolute atomic E-state index is 0.0183. The molecule has 2 aromatic carbocycles. The van der Waals surface area contributed by atoms with Crippen molar-refractivity contribution in [1.29, 1.82) is 0 Å². The number of para-hydroxylation sites is 1. The maximum absolute atomic E-state index is 12.8. The van der Waals surface area contributed by atoms with Gasteiger partial charge in [0.05, 0.1) is 12.1 Å². The van der Waals surface area contributed by atoms with Crippen LogP contribution in [-0.2, 0) is 4.79 Å². The number of benzene rings is 2. The predicted octanol–water partition coefficient (Wildman–Crippen LogP) is 4.03. The van der Waals surface area contributed by atoms with Crippen molar-refractivity contribution in [2.45, 2.75) is 20.8 Å². The third-order valence-corrected chi connectivity index (χ3v) is 5.16. The number of fused-ring (bicyclic) bond motifs is 1. The summed E-state index contributed by atoms with van der Waals surface area (Å²) in [7, 11) is 1.64. The Balaban J connectivity index is 1.66. The summed E-state index contributed by atoms with van der Waals surface area (Å²) in [4.78, 5) is 32.1. The molecular weight excluding hydrogens is 364 g/mol. The summed E-state index contributed by atoms with van der Waals surface area (Å²) < 4.78 is 0. The quantitative estimate of drug-likeness (QED) is 0.638. The Morgan fingerprint density at radius 1 is 1.07 bits per heavy atom. The normalized spacial score (nSPS) is 10.8. The van der Waals surface area contributed by atoms with Crippen LogP contribution in [0, 0.1) is 6.92 Å². The zero-order chi connectivity index (χ0) is 21.0. The second-order valence-electron chi connectivity index (χ2n) is 7.13. The van der Waals surface area contributed by atoms with Gasteiger partial charge in [0.25, 0.3) is 5.91 Å². The first-order valence-corrected chi connectivity index (χ1v) is 9.91. The summed E-state index contributed by atoms with van der Waals surface area (Å²) >= 11 is 0. The molecule has 0 saturated heterocycles. The number of anilines is 2. The van der Waals surface area contributed by atoms with Crippen molar-refractivity contribution < 1.29 is 9.59 Å². The van der Waals surface area contributed by atoms with Gasteiger partial charge in [0.15, 0.2) is 0 Å². The van der Waals surface area contributed by atoms with Crippen molar-refractivity contribution in [1.82, 2.24) is 9.88 Å². The number of hydrogen-bond acceptors (Lipinski definition) is 3. The number of likely N-dealkylation sites (N-methyl/N-ethyl adjacent to an activating group) is 1. The lowest BCUT2D eigenvalue weighted by Gasteiger charge is -2.22. The average Bonchev–Trinajstić information content (AvgIpc) is 3.14. The highest BCUT2D eigenvalue weighted by Gasteiger charge is 2.18. The number of aryl methyl sites for hydroxylation is 1. The summed E-state index contributed by atoms with van der Waals surface area (Å²) in [6.45, 7) is 8.06. The van der Waals surface area contributed by atoms with Crippen LogP contribution in [0.5, 0.6) is 0 Å². The van der Waals surface area contributed by atoms with E-state index < -0.39 is 0 Å². The fourth-order valence-electron chi connectivity index (χ4n) is 3.50. The standard InChI is InChI=1S/C23H28N4O2/c1-5-27(6-2)17-11-12-20(16(3)13-17)25-22(28)15-26(4)23(29)19-14-24-21-10-8-7-9-18(19)21/h7-14,24H,5-6,15H2,1-4H3,(H,25,28). The second kappa shape index (κ2) is 8.82. The van der Waals surface area contributed by atoms with Crippen molar-refractivity contribution in [3.05, 3.63) is 59.8 Å². The van der Waals surface area contributed by atoms with Crippen LogP contribution < -0.4 is 10.2 Å². The number of carbonyl (C=O) groups excluding carboxylic acids is 2. The van der Waals surface area contributed by atoms with E-state index in [0.29, 0.717) is 5.56 Å². The van der Waals surface area contributed by atoms with E-state index >= 15 is 0 Å². The zero-order valence-corrected chi connectivity index (χ0v) is 17.5. The predicted molar refractivity (Wildman–Crippen MR) is 119 cm³/mol. The topological polar surface area (TPSA) is 68.4 Å². The van der Waals surface area contributed by atoms with E-state index in [1.165, 1.54) is 4.90 Å². The Morgan fingerprint density at radius 3 is 2.48 bits per heavy atom. The molecule has 6 nitrogen and oxygen atoms in total. The number of aromatic nitrogens is 1. The number of rotatable bonds is 7. The molecule has 0 aliphatic carbocycles. The highest BCUT2D eigenvalue weighted by Crippen LogP contribution is 2.23. The van der Waals surface area contributed by atoms with Crippen LogP contribution in [0.1, 0.15) is 29.8 Å². The van der Waals surface area contributed by atoms with Crippen molar-refractivity contribution in [2.75, 3.05) is 36.9 Å². The molecule has 3 rings (SSSR count). The maximum Gasteiger partial charge on any atom is 0.256 e. The van der Waals surface area contributed by atoms with Crippen LogP contribution in [0.3, 0.4) is 0 Å². The lowest BCUT2D eigenvalue weighted by Crippen LogP contribution is -2.35. The van der Waals surface area contributed by atoms with E-state index in [1.807, 2.05) is 43.3 Å². The van der Waals surface area contributed by atoms with Crippen molar-refractivity contribution in [2.24, 2.45) is 0 Å². The average molecular weight is 393 g/mol. The molecule has 29 heavy (non-hydrogen) atoms. The Morgan fingerprint density at radius 2 is 1.79 bits per heavy atom. The van der Waals surface area contributed by atoms with Crippen LogP contribution in [0.15, 0.2) is 48.7 Å². The van der Waals surface area contributed by atoms with Crippen LogP contribution in [0.2, 0.25) is 0 Å². The van der Waals surface area contributed by atoms with E-state index in [9.17, 15) is 9.59 Å². The number of nitrogens with one attached hydrogen (secondary N) is 2. The van der Waals surface area contributed by atoms with E-state index in [-0.39, 0.29) is 18.4 Å². The van der Waals surface area contributed by atoms with Crippen molar-refractivity contribution in [3.8, 4) is 0 Å². The molecule has 0 spiro atoms. The molecule has 3 aromatic rings. The zero-order valence-electron chi connectivity index (χ0n) is 17.5. The van der Waals surface area contributed by atoms with Crippen molar-refractivity contribution >= 4 is 34.1 Å². The second-order valence-corrected chi connectivity index (χ2v) is 7.13. The summed E-state index contributed by atoms with van der Waals surface area (Å²) in [5.74, 6) is -0.411. The van der Waals surface area contributed by atoms with Gasteiger partial charge in [-0.1, -0.05) is 18.2 Å². The first-order chi connectivity index (χ1) is 13.9. The monoisotopic (exact) mass is 392 g/mol. The molecule has 1 aromatic heterocycles. The summed E-state index contributed by atoms with van der Waals surface area (Å²) in [5.41, 5.74) is 4.36. The highest BCUT2D eigenvalue weighted by atomic mass is 16.2. The van der Waals surface area contributed by atoms with Crippen LogP contribution in [0.4, 0.5) is 11.4 Å². The number of amides is 2. The van der Waals surface area contributed by atoms with Gasteiger partial charge in [-0.25, -0.2) is 0 Å². The molecule has 0 atom stereocenters. The Bertz CT molecular complexity index is 1020. The number of carbonyl (C=O) groups is 2. The number of nitrogens with zero attached hydrogens (tertiary/aromatic N) is 2. The number of H-pyrrole nitrogens is 1. The third-order valence-electron chi connectivity index (χ3n) is 5.16. The summed E-state index contributed by atoms with van der Waals surface area (Å²) in [6, 6.07) is 13.6. The van der Waals surface area contributed by atoms with E-state index in [4.69, 9.17) is 0 Å². The molecule has 1 heterocycles. The van der Waals surface area contributed by atoms with E-state index in [1.54, 1.807) is 13.2 Å². The van der Waals surface area contributed by atoms with Gasteiger partial charge in [-0.3, -0.25) is 9.59 Å². The Hall–Kier alpha value is -3.28. The maximum atomic E-state index is 12.8. The summed E-state index contributed by atoms with van der Waals surface area (Å²) in [5, 5.41) is 3.78. The number of aromatic amines is 1. The van der Waals surface area contributed by atoms with E-state index in [2.05, 4.69) is 35.1 Å². The van der Waals surface area contributed by atoms with Gasteiger partial charge in [0.1, 0.15) is 0 Å². The molecule has 0 radical (unpaired) electrons. The number of hydrogen-bond donors (Lipinski definition) is 2. The molecule has 0 bridgehead atoms. The van der Waals surface area contributed by atoms with Crippen molar-refractivity contribution in [3.63, 3.8) is 0 Å². The van der Waals surface area contributed by atoms with Gasteiger partial charge in [0, 0.05) is 48.6 Å². The molecule has 0 aliphatic rings. The minimum Gasteiger partial charge on any atom is -0.372 e. The summed E-state index contributed by atoms with van der Waals surface area (Å²) in [6.07, 6.45) is 1.69. The molecule has 2 N–H and O–H groups in total. The Labute approximate surface area is 171 Å². The molecule has 152 valence electrons. The SMILES string of the molecule is CCN(CC)c1ccc(NC(=O)CN(C)C(=O)c2c[nH]c3ccccc23)c(C)c1. The van der Waals surface area contributed by atoms with Gasteiger partial charge < -0.3 is 20.1 Å². The lowest BCUT2D eigenvalue weighted by atomic mass is 10.1. The van der Waals surface area contributed by atoms with Crippen LogP contribution >= 0.6 is 0 Å². The highest BCUT2D eigenvalue weighted by molar-refractivity contribution is 6.08. The minimum atomic E-state index is -0.223. The van der Waals surface area contributed by atoms with E-state index in [0.717, 1.165) is 40.9 Å². The van der Waals surface area contributed by atoms with Gasteiger partial charge >= 0.3 is 0 Å². The molecule has 0 unspecified atom stereocenters. The van der Waals surface area contributed by atoms with Gasteiger partial charge in [-0.05, 0) is 50.6 Å². The van der Waals surface area contributed by atoms with Crippen LogP contribution in [0.25, 0.3) is 10.9 Å². The lowest BCUT2D eigenvalue weighted by molar-refractivity contribution is -0.116. The molecule has 2 amide bonds. The fraction of sp³-hybridized carbons (Fsp3) is 0.304.